The van der Waals surface area contributed by atoms with E-state index >= 15 is 0 Å². The van der Waals surface area contributed by atoms with Gasteiger partial charge in [-0.25, -0.2) is 9.97 Å². The molecular formula is C10H10N4O2S2. The number of nitrogens with one attached hydrogen (secondary N) is 2. The summed E-state index contributed by atoms with van der Waals surface area (Å²) in [7, 11) is 0. The van der Waals surface area contributed by atoms with Crippen LogP contribution in [0.15, 0.2) is 10.8 Å². The van der Waals surface area contributed by atoms with Gasteiger partial charge < -0.3 is 10.6 Å². The Bertz CT molecular complexity index is 538. The molecule has 0 radical (unpaired) electrons. The summed E-state index contributed by atoms with van der Waals surface area (Å²) in [6, 6.07) is 0. The van der Waals surface area contributed by atoms with Gasteiger partial charge in [-0.3, -0.25) is 9.59 Å². The van der Waals surface area contributed by atoms with E-state index in [0.29, 0.717) is 21.7 Å². The fourth-order valence-electron chi connectivity index (χ4n) is 1.20. The molecular weight excluding hydrogens is 272 g/mol. The molecule has 2 aromatic heterocycles. The van der Waals surface area contributed by atoms with Crippen molar-refractivity contribution < 1.29 is 9.59 Å². The predicted octanol–water partition coefficient (Wildman–Crippen LogP) is 2.18. The van der Waals surface area contributed by atoms with Crippen LogP contribution in [0.1, 0.15) is 13.8 Å². The maximum absolute atomic E-state index is 10.9. The standard InChI is InChI=1S/C10H10N4O2S2/c1-5(15)11-9-13-7(3-17-9)8-4-18-10(14-8)12-6(2)16/h3-4H,1-2H3,(H,11,13,15)(H,12,14,16). The minimum atomic E-state index is -0.159. The first-order valence-corrected chi connectivity index (χ1v) is 6.77. The van der Waals surface area contributed by atoms with E-state index in [2.05, 4.69) is 20.6 Å². The van der Waals surface area contributed by atoms with Crippen LogP contribution >= 0.6 is 22.7 Å². The second kappa shape index (κ2) is 5.23. The molecule has 0 aliphatic carbocycles. The van der Waals surface area contributed by atoms with Gasteiger partial charge in [0.25, 0.3) is 0 Å². The Morgan fingerprint density at radius 3 is 1.67 bits per heavy atom. The summed E-state index contributed by atoms with van der Waals surface area (Å²) < 4.78 is 0. The normalized spacial score (nSPS) is 10.1. The van der Waals surface area contributed by atoms with E-state index in [0.717, 1.165) is 0 Å². The second-order valence-corrected chi connectivity index (χ2v) is 5.15. The van der Waals surface area contributed by atoms with Crippen molar-refractivity contribution in [2.24, 2.45) is 0 Å². The lowest BCUT2D eigenvalue weighted by molar-refractivity contribution is -0.115. The smallest absolute Gasteiger partial charge is 0.223 e. The van der Waals surface area contributed by atoms with Crippen molar-refractivity contribution in [3.63, 3.8) is 0 Å². The largest absolute Gasteiger partial charge is 0.302 e. The number of nitrogens with zero attached hydrogens (tertiary/aromatic N) is 2. The molecule has 0 aliphatic rings. The molecule has 6 nitrogen and oxygen atoms in total. The molecule has 2 aromatic rings. The van der Waals surface area contributed by atoms with E-state index in [9.17, 15) is 9.59 Å². The molecule has 0 saturated carbocycles. The molecule has 8 heteroatoms. The third kappa shape index (κ3) is 3.11. The van der Waals surface area contributed by atoms with E-state index in [1.165, 1.54) is 36.5 Å². The zero-order valence-corrected chi connectivity index (χ0v) is 11.3. The Kier molecular flexibility index (Phi) is 3.68. The zero-order chi connectivity index (χ0) is 13.1. The lowest BCUT2D eigenvalue weighted by atomic mass is 10.4. The van der Waals surface area contributed by atoms with E-state index in [-0.39, 0.29) is 11.8 Å². The average molecular weight is 282 g/mol. The highest BCUT2D eigenvalue weighted by Gasteiger charge is 2.10. The van der Waals surface area contributed by atoms with Gasteiger partial charge in [-0.1, -0.05) is 0 Å². The maximum Gasteiger partial charge on any atom is 0.223 e. The number of rotatable bonds is 3. The summed E-state index contributed by atoms with van der Waals surface area (Å²) in [6.45, 7) is 2.86. The maximum atomic E-state index is 10.9. The number of anilines is 2. The lowest BCUT2D eigenvalue weighted by Crippen LogP contribution is -2.05. The predicted molar refractivity (Wildman–Crippen MR) is 71.8 cm³/mol. The van der Waals surface area contributed by atoms with Gasteiger partial charge in [0, 0.05) is 24.6 Å². The number of hydrogen-bond acceptors (Lipinski definition) is 6. The van der Waals surface area contributed by atoms with E-state index in [1.54, 1.807) is 10.8 Å². The van der Waals surface area contributed by atoms with Crippen molar-refractivity contribution in [1.82, 2.24) is 9.97 Å². The molecule has 0 atom stereocenters. The second-order valence-electron chi connectivity index (χ2n) is 3.44. The number of hydrogen-bond donors (Lipinski definition) is 2. The van der Waals surface area contributed by atoms with E-state index < -0.39 is 0 Å². The zero-order valence-electron chi connectivity index (χ0n) is 9.68. The van der Waals surface area contributed by atoms with Gasteiger partial charge in [-0.05, 0) is 0 Å². The van der Waals surface area contributed by atoms with Gasteiger partial charge in [0.2, 0.25) is 11.8 Å². The van der Waals surface area contributed by atoms with Crippen molar-refractivity contribution in [1.29, 1.82) is 0 Å². The topological polar surface area (TPSA) is 84.0 Å². The molecule has 0 bridgehead atoms. The SMILES string of the molecule is CC(=O)Nc1nc(-c2csc(NC(C)=O)n2)cs1. The molecule has 2 amide bonds. The summed E-state index contributed by atoms with van der Waals surface area (Å²) in [5.41, 5.74) is 1.35. The fraction of sp³-hybridized carbons (Fsp3) is 0.200. The van der Waals surface area contributed by atoms with Gasteiger partial charge in [0.1, 0.15) is 11.4 Å². The van der Waals surface area contributed by atoms with E-state index in [4.69, 9.17) is 0 Å². The number of amides is 2. The number of aromatic nitrogens is 2. The van der Waals surface area contributed by atoms with Crippen LogP contribution in [0.2, 0.25) is 0 Å². The molecule has 0 aliphatic heterocycles. The first kappa shape index (κ1) is 12.7. The molecule has 2 rings (SSSR count). The van der Waals surface area contributed by atoms with Crippen LogP contribution in [0.3, 0.4) is 0 Å². The van der Waals surface area contributed by atoms with Gasteiger partial charge in [0.15, 0.2) is 10.3 Å². The summed E-state index contributed by atoms with van der Waals surface area (Å²) in [5.74, 6) is -0.318. The molecule has 0 spiro atoms. The number of carbonyl (C=O) groups is 2. The van der Waals surface area contributed by atoms with Crippen molar-refractivity contribution in [3.05, 3.63) is 10.8 Å². The summed E-state index contributed by atoms with van der Waals surface area (Å²) in [4.78, 5) is 30.2. The number of carbonyl (C=O) groups excluding carboxylic acids is 2. The van der Waals surface area contributed by atoms with Crippen LogP contribution < -0.4 is 10.6 Å². The van der Waals surface area contributed by atoms with Gasteiger partial charge >= 0.3 is 0 Å². The first-order valence-electron chi connectivity index (χ1n) is 5.01. The van der Waals surface area contributed by atoms with Crippen molar-refractivity contribution >= 4 is 44.8 Å². The minimum absolute atomic E-state index is 0.159. The quantitative estimate of drug-likeness (QED) is 0.903. The van der Waals surface area contributed by atoms with Crippen LogP contribution in [0.25, 0.3) is 11.4 Å². The van der Waals surface area contributed by atoms with Gasteiger partial charge in [0.05, 0.1) is 0 Å². The molecule has 2 heterocycles. The third-order valence-electron chi connectivity index (χ3n) is 1.84. The Balaban J connectivity index is 2.15. The lowest BCUT2D eigenvalue weighted by Gasteiger charge is -1.94. The highest BCUT2D eigenvalue weighted by Crippen LogP contribution is 2.27. The Morgan fingerprint density at radius 1 is 0.944 bits per heavy atom. The van der Waals surface area contributed by atoms with Gasteiger partial charge in [-0.2, -0.15) is 0 Å². The molecule has 0 aromatic carbocycles. The van der Waals surface area contributed by atoms with Crippen LogP contribution in [-0.4, -0.2) is 21.8 Å². The molecule has 18 heavy (non-hydrogen) atoms. The van der Waals surface area contributed by atoms with Crippen LogP contribution in [0, 0.1) is 0 Å². The van der Waals surface area contributed by atoms with Crippen molar-refractivity contribution in [2.45, 2.75) is 13.8 Å². The van der Waals surface area contributed by atoms with Crippen molar-refractivity contribution in [2.75, 3.05) is 10.6 Å². The van der Waals surface area contributed by atoms with Crippen LogP contribution in [0.4, 0.5) is 10.3 Å². The molecule has 0 unspecified atom stereocenters. The fourth-order valence-corrected chi connectivity index (χ4v) is 2.70. The average Bonchev–Trinajstić information content (AvgIpc) is 2.85. The minimum Gasteiger partial charge on any atom is -0.302 e. The molecule has 0 fully saturated rings. The summed E-state index contributed by atoms with van der Waals surface area (Å²) >= 11 is 2.66. The Hall–Kier alpha value is -1.80. The highest BCUT2D eigenvalue weighted by atomic mass is 32.1. The molecule has 94 valence electrons. The Morgan fingerprint density at radius 2 is 1.33 bits per heavy atom. The highest BCUT2D eigenvalue weighted by molar-refractivity contribution is 7.15. The monoisotopic (exact) mass is 282 g/mol. The van der Waals surface area contributed by atoms with Crippen LogP contribution in [-0.2, 0) is 9.59 Å². The van der Waals surface area contributed by atoms with Crippen molar-refractivity contribution in [3.8, 4) is 11.4 Å². The van der Waals surface area contributed by atoms with Crippen LogP contribution in [0.5, 0.6) is 0 Å². The Labute approximate surface area is 111 Å². The molecule has 2 N–H and O–H groups in total. The van der Waals surface area contributed by atoms with E-state index in [1.807, 2.05) is 0 Å². The third-order valence-corrected chi connectivity index (χ3v) is 3.35. The summed E-state index contributed by atoms with van der Waals surface area (Å²) in [6.07, 6.45) is 0. The number of thiazole rings is 2. The summed E-state index contributed by atoms with van der Waals surface area (Å²) in [5, 5.41) is 9.89. The molecule has 0 saturated heterocycles. The first-order chi connectivity index (χ1) is 8.54. The van der Waals surface area contributed by atoms with Gasteiger partial charge in [-0.15, -0.1) is 22.7 Å².